The van der Waals surface area contributed by atoms with Gasteiger partial charge < -0.3 is 10.4 Å². The first-order chi connectivity index (χ1) is 9.44. The number of fused-ring (bicyclic) bond motifs is 1. The van der Waals surface area contributed by atoms with Crippen LogP contribution in [0, 0.1) is 5.82 Å². The number of benzene rings is 2. The fourth-order valence-corrected chi connectivity index (χ4v) is 2.18. The second-order valence-corrected chi connectivity index (χ2v) is 5.45. The maximum absolute atomic E-state index is 13.7. The molecule has 2 aromatic carbocycles. The van der Waals surface area contributed by atoms with Gasteiger partial charge in [0.25, 0.3) is 5.91 Å². The van der Waals surface area contributed by atoms with Crippen molar-refractivity contribution in [2.24, 2.45) is 0 Å². The lowest BCUT2D eigenvalue weighted by atomic mass is 9.98. The van der Waals surface area contributed by atoms with Gasteiger partial charge in [0.2, 0.25) is 0 Å². The van der Waals surface area contributed by atoms with Crippen LogP contribution in [0.5, 0.6) is 0 Å². The van der Waals surface area contributed by atoms with Crippen LogP contribution >= 0.6 is 0 Å². The predicted octanol–water partition coefficient (Wildman–Crippen LogP) is 2.87. The zero-order chi connectivity index (χ0) is 14.8. The second kappa shape index (κ2) is 5.59. The van der Waals surface area contributed by atoms with E-state index in [2.05, 4.69) is 5.32 Å². The molecule has 2 rings (SSSR count). The molecule has 1 amide bonds. The van der Waals surface area contributed by atoms with Crippen LogP contribution < -0.4 is 5.32 Å². The summed E-state index contributed by atoms with van der Waals surface area (Å²) >= 11 is 0. The zero-order valence-corrected chi connectivity index (χ0v) is 11.6. The lowest BCUT2D eigenvalue weighted by molar-refractivity contribution is 0.0901. The number of hydrogen-bond donors (Lipinski definition) is 2. The Hall–Kier alpha value is -1.94. The SMILES string of the molecule is CC(C)(CCO)NC(=O)c1ccc(F)c2ccccc12. The van der Waals surface area contributed by atoms with Crippen molar-refractivity contribution in [3.05, 3.63) is 47.8 Å². The highest BCUT2D eigenvalue weighted by Gasteiger charge is 2.22. The number of halogens is 1. The fourth-order valence-electron chi connectivity index (χ4n) is 2.18. The van der Waals surface area contributed by atoms with E-state index >= 15 is 0 Å². The van der Waals surface area contributed by atoms with Crippen molar-refractivity contribution in [3.8, 4) is 0 Å². The van der Waals surface area contributed by atoms with E-state index in [1.54, 1.807) is 24.3 Å². The third-order valence-corrected chi connectivity index (χ3v) is 3.30. The highest BCUT2D eigenvalue weighted by molar-refractivity contribution is 6.07. The predicted molar refractivity (Wildman–Crippen MR) is 77.2 cm³/mol. The Morgan fingerprint density at radius 1 is 1.20 bits per heavy atom. The summed E-state index contributed by atoms with van der Waals surface area (Å²) in [5.74, 6) is -0.605. The highest BCUT2D eigenvalue weighted by atomic mass is 19.1. The van der Waals surface area contributed by atoms with Crippen molar-refractivity contribution in [2.45, 2.75) is 25.8 Å². The number of hydrogen-bond acceptors (Lipinski definition) is 2. The van der Waals surface area contributed by atoms with Crippen LogP contribution in [0.2, 0.25) is 0 Å². The number of rotatable bonds is 4. The molecule has 0 aliphatic carbocycles. The summed E-state index contributed by atoms with van der Waals surface area (Å²) < 4.78 is 13.7. The Morgan fingerprint density at radius 2 is 1.85 bits per heavy atom. The van der Waals surface area contributed by atoms with E-state index in [0.717, 1.165) is 0 Å². The number of aliphatic hydroxyl groups excluding tert-OH is 1. The van der Waals surface area contributed by atoms with E-state index in [4.69, 9.17) is 5.11 Å². The third kappa shape index (κ3) is 2.96. The number of carbonyl (C=O) groups is 1. The molecule has 0 radical (unpaired) electrons. The number of carbonyl (C=O) groups excluding carboxylic acids is 1. The standard InChI is InChI=1S/C16H18FNO2/c1-16(2,9-10-19)18-15(20)13-7-8-14(17)12-6-4-3-5-11(12)13/h3-8,19H,9-10H2,1-2H3,(H,18,20). The fraction of sp³-hybridized carbons (Fsp3) is 0.312. The summed E-state index contributed by atoms with van der Waals surface area (Å²) in [5, 5.41) is 12.9. The van der Waals surface area contributed by atoms with Crippen molar-refractivity contribution in [1.82, 2.24) is 5.32 Å². The molecule has 2 aromatic rings. The Kier molecular flexibility index (Phi) is 4.04. The average molecular weight is 275 g/mol. The van der Waals surface area contributed by atoms with Crippen LogP contribution in [0.4, 0.5) is 4.39 Å². The molecule has 20 heavy (non-hydrogen) atoms. The molecule has 0 unspecified atom stereocenters. The van der Waals surface area contributed by atoms with Gasteiger partial charge >= 0.3 is 0 Å². The molecular formula is C16H18FNO2. The first kappa shape index (κ1) is 14.5. The smallest absolute Gasteiger partial charge is 0.252 e. The van der Waals surface area contributed by atoms with Crippen molar-refractivity contribution >= 4 is 16.7 Å². The maximum Gasteiger partial charge on any atom is 0.252 e. The molecule has 0 saturated heterocycles. The second-order valence-electron chi connectivity index (χ2n) is 5.45. The third-order valence-electron chi connectivity index (χ3n) is 3.30. The zero-order valence-electron chi connectivity index (χ0n) is 11.6. The van der Waals surface area contributed by atoms with E-state index < -0.39 is 5.54 Å². The molecule has 0 heterocycles. The van der Waals surface area contributed by atoms with Crippen LogP contribution in [-0.2, 0) is 0 Å². The first-order valence-electron chi connectivity index (χ1n) is 6.55. The minimum atomic E-state index is -0.513. The van der Waals surface area contributed by atoms with Gasteiger partial charge in [0.1, 0.15) is 5.82 Å². The van der Waals surface area contributed by atoms with Crippen LogP contribution in [0.1, 0.15) is 30.6 Å². The van der Waals surface area contributed by atoms with Gasteiger partial charge in [0, 0.05) is 23.1 Å². The molecular weight excluding hydrogens is 257 g/mol. The van der Waals surface area contributed by atoms with Crippen LogP contribution in [-0.4, -0.2) is 23.2 Å². The highest BCUT2D eigenvalue weighted by Crippen LogP contribution is 2.22. The molecule has 106 valence electrons. The monoisotopic (exact) mass is 275 g/mol. The van der Waals surface area contributed by atoms with Gasteiger partial charge in [-0.15, -0.1) is 0 Å². The Balaban J connectivity index is 2.38. The number of amides is 1. The first-order valence-corrected chi connectivity index (χ1v) is 6.55. The molecule has 2 N–H and O–H groups in total. The van der Waals surface area contributed by atoms with Crippen molar-refractivity contribution < 1.29 is 14.3 Å². The van der Waals surface area contributed by atoms with Gasteiger partial charge in [-0.2, -0.15) is 0 Å². The van der Waals surface area contributed by atoms with E-state index in [0.29, 0.717) is 22.8 Å². The van der Waals surface area contributed by atoms with Gasteiger partial charge in [0.15, 0.2) is 0 Å². The largest absolute Gasteiger partial charge is 0.396 e. The molecule has 0 fully saturated rings. The number of aliphatic hydroxyl groups is 1. The van der Waals surface area contributed by atoms with Crippen molar-refractivity contribution in [3.63, 3.8) is 0 Å². The maximum atomic E-state index is 13.7. The van der Waals surface area contributed by atoms with Gasteiger partial charge in [-0.1, -0.05) is 24.3 Å². The van der Waals surface area contributed by atoms with Gasteiger partial charge in [-0.25, -0.2) is 4.39 Å². The summed E-state index contributed by atoms with van der Waals surface area (Å²) in [7, 11) is 0. The van der Waals surface area contributed by atoms with Gasteiger partial charge in [-0.05, 0) is 37.8 Å². The van der Waals surface area contributed by atoms with Crippen LogP contribution in [0.3, 0.4) is 0 Å². The van der Waals surface area contributed by atoms with Crippen molar-refractivity contribution in [1.29, 1.82) is 0 Å². The molecule has 0 aromatic heterocycles. The molecule has 0 spiro atoms. The minimum Gasteiger partial charge on any atom is -0.396 e. The average Bonchev–Trinajstić information content (AvgIpc) is 2.38. The van der Waals surface area contributed by atoms with E-state index in [1.165, 1.54) is 12.1 Å². The number of nitrogens with one attached hydrogen (secondary N) is 1. The normalized spacial score (nSPS) is 11.6. The summed E-state index contributed by atoms with van der Waals surface area (Å²) in [6.07, 6.45) is 0.456. The molecule has 0 aliphatic heterocycles. The summed E-state index contributed by atoms with van der Waals surface area (Å²) in [4.78, 5) is 12.3. The van der Waals surface area contributed by atoms with E-state index in [9.17, 15) is 9.18 Å². The Labute approximate surface area is 117 Å². The molecule has 0 bridgehead atoms. The molecule has 4 heteroatoms. The Bertz CT molecular complexity index is 637. The van der Waals surface area contributed by atoms with E-state index in [-0.39, 0.29) is 18.3 Å². The summed E-state index contributed by atoms with van der Waals surface area (Å²) in [5.41, 5.74) is -0.0746. The Morgan fingerprint density at radius 3 is 2.50 bits per heavy atom. The molecule has 0 atom stereocenters. The lowest BCUT2D eigenvalue weighted by Gasteiger charge is -2.25. The van der Waals surface area contributed by atoms with Gasteiger partial charge in [-0.3, -0.25) is 4.79 Å². The lowest BCUT2D eigenvalue weighted by Crippen LogP contribution is -2.44. The topological polar surface area (TPSA) is 49.3 Å². The minimum absolute atomic E-state index is 0.00253. The molecule has 0 aliphatic rings. The van der Waals surface area contributed by atoms with E-state index in [1.807, 2.05) is 13.8 Å². The van der Waals surface area contributed by atoms with Crippen LogP contribution in [0.15, 0.2) is 36.4 Å². The molecule has 3 nitrogen and oxygen atoms in total. The molecule has 0 saturated carbocycles. The quantitative estimate of drug-likeness (QED) is 0.901. The summed E-state index contributed by atoms with van der Waals surface area (Å²) in [6, 6.07) is 9.69. The van der Waals surface area contributed by atoms with Crippen molar-refractivity contribution in [2.75, 3.05) is 6.61 Å². The summed E-state index contributed by atoms with van der Waals surface area (Å²) in [6.45, 7) is 3.68. The van der Waals surface area contributed by atoms with Crippen LogP contribution in [0.25, 0.3) is 10.8 Å². The van der Waals surface area contributed by atoms with Gasteiger partial charge in [0.05, 0.1) is 0 Å².